The third-order valence-electron chi connectivity index (χ3n) is 2.51. The Balaban J connectivity index is 2.50. The molecule has 3 heteroatoms. The predicted octanol–water partition coefficient (Wildman–Crippen LogP) is 2.90. The van der Waals surface area contributed by atoms with Gasteiger partial charge in [0, 0.05) is 11.1 Å². The van der Waals surface area contributed by atoms with Gasteiger partial charge in [0.25, 0.3) is 0 Å². The Morgan fingerprint density at radius 2 is 2.27 bits per heavy atom. The average Bonchev–Trinajstić information content (AvgIpc) is 2.24. The van der Waals surface area contributed by atoms with E-state index in [1.165, 1.54) is 18.4 Å². The minimum Gasteiger partial charge on any atom is -0.271 e. The molecule has 0 aliphatic heterocycles. The van der Waals surface area contributed by atoms with Crippen LogP contribution >= 0.6 is 11.6 Å². The lowest BCUT2D eigenvalue weighted by Gasteiger charge is -2.15. The van der Waals surface area contributed by atoms with Gasteiger partial charge >= 0.3 is 0 Å². The van der Waals surface area contributed by atoms with Crippen LogP contribution in [0.25, 0.3) is 0 Å². The molecule has 0 saturated carbocycles. The van der Waals surface area contributed by atoms with E-state index in [0.717, 1.165) is 17.9 Å². The second-order valence-electron chi connectivity index (χ2n) is 3.84. The molecule has 0 radical (unpaired) electrons. The molecule has 1 aromatic carbocycles. The lowest BCUT2D eigenvalue weighted by Crippen LogP contribution is -2.36. The van der Waals surface area contributed by atoms with Gasteiger partial charge in [0.05, 0.1) is 0 Å². The van der Waals surface area contributed by atoms with Crippen molar-refractivity contribution < 1.29 is 0 Å². The third kappa shape index (κ3) is 4.65. The summed E-state index contributed by atoms with van der Waals surface area (Å²) < 4.78 is 0. The van der Waals surface area contributed by atoms with Gasteiger partial charge in [-0.15, -0.1) is 0 Å². The Morgan fingerprint density at radius 3 is 2.87 bits per heavy atom. The highest BCUT2D eigenvalue weighted by molar-refractivity contribution is 6.30. The fourth-order valence-corrected chi connectivity index (χ4v) is 1.86. The van der Waals surface area contributed by atoms with Crippen LogP contribution < -0.4 is 11.3 Å². The lowest BCUT2D eigenvalue weighted by atomic mass is 10.0. The SMILES string of the molecule is CCCCC(Cc1cccc(Cl)c1)NN. The molecular formula is C12H19ClN2. The van der Waals surface area contributed by atoms with E-state index in [-0.39, 0.29) is 0 Å². The number of halogens is 1. The van der Waals surface area contributed by atoms with Crippen molar-refractivity contribution in [3.63, 3.8) is 0 Å². The second kappa shape index (κ2) is 6.83. The van der Waals surface area contributed by atoms with E-state index in [1.807, 2.05) is 18.2 Å². The lowest BCUT2D eigenvalue weighted by molar-refractivity contribution is 0.473. The largest absolute Gasteiger partial charge is 0.271 e. The number of unbranched alkanes of at least 4 members (excludes halogenated alkanes) is 1. The van der Waals surface area contributed by atoms with Crippen LogP contribution in [0.1, 0.15) is 31.7 Å². The first-order chi connectivity index (χ1) is 7.26. The van der Waals surface area contributed by atoms with Crippen LogP contribution in [0.2, 0.25) is 5.02 Å². The molecule has 0 bridgehead atoms. The number of nitrogens with one attached hydrogen (secondary N) is 1. The molecule has 1 aromatic rings. The Morgan fingerprint density at radius 1 is 1.47 bits per heavy atom. The van der Waals surface area contributed by atoms with Crippen molar-refractivity contribution in [3.05, 3.63) is 34.9 Å². The summed E-state index contributed by atoms with van der Waals surface area (Å²) in [6, 6.07) is 8.30. The number of hydrazine groups is 1. The first-order valence-electron chi connectivity index (χ1n) is 5.46. The first kappa shape index (κ1) is 12.5. The van der Waals surface area contributed by atoms with Crippen LogP contribution in [-0.2, 0) is 6.42 Å². The van der Waals surface area contributed by atoms with E-state index in [0.29, 0.717) is 6.04 Å². The molecule has 0 fully saturated rings. The second-order valence-corrected chi connectivity index (χ2v) is 4.28. The zero-order chi connectivity index (χ0) is 11.1. The molecule has 15 heavy (non-hydrogen) atoms. The van der Waals surface area contributed by atoms with Crippen LogP contribution in [0.4, 0.5) is 0 Å². The summed E-state index contributed by atoms with van der Waals surface area (Å²) in [6.07, 6.45) is 4.46. The van der Waals surface area contributed by atoms with Crippen molar-refractivity contribution >= 4 is 11.6 Å². The van der Waals surface area contributed by atoms with E-state index in [1.54, 1.807) is 0 Å². The van der Waals surface area contributed by atoms with Gasteiger partial charge in [-0.2, -0.15) is 0 Å². The predicted molar refractivity (Wildman–Crippen MR) is 65.8 cm³/mol. The Bertz CT molecular complexity index is 289. The number of hydrogen-bond acceptors (Lipinski definition) is 2. The fourth-order valence-electron chi connectivity index (χ4n) is 1.64. The molecule has 3 N–H and O–H groups in total. The average molecular weight is 227 g/mol. The smallest absolute Gasteiger partial charge is 0.0408 e. The van der Waals surface area contributed by atoms with E-state index in [9.17, 15) is 0 Å². The van der Waals surface area contributed by atoms with Crippen LogP contribution in [0.15, 0.2) is 24.3 Å². The van der Waals surface area contributed by atoms with E-state index in [2.05, 4.69) is 18.4 Å². The maximum absolute atomic E-state index is 5.92. The van der Waals surface area contributed by atoms with Crippen LogP contribution in [0, 0.1) is 0 Å². The standard InChI is InChI=1S/C12H19ClN2/c1-2-3-7-12(15-14)9-10-5-4-6-11(13)8-10/h4-6,8,12,15H,2-3,7,9,14H2,1H3. The quantitative estimate of drug-likeness (QED) is 0.578. The first-order valence-corrected chi connectivity index (χ1v) is 5.84. The van der Waals surface area contributed by atoms with Crippen molar-refractivity contribution in [2.75, 3.05) is 0 Å². The molecule has 0 heterocycles. The van der Waals surface area contributed by atoms with Gasteiger partial charge in [-0.25, -0.2) is 0 Å². The van der Waals surface area contributed by atoms with Crippen molar-refractivity contribution in [2.45, 2.75) is 38.6 Å². The van der Waals surface area contributed by atoms with Gasteiger partial charge in [0.1, 0.15) is 0 Å². The van der Waals surface area contributed by atoms with Crippen LogP contribution in [0.5, 0.6) is 0 Å². The van der Waals surface area contributed by atoms with Gasteiger partial charge in [-0.3, -0.25) is 11.3 Å². The van der Waals surface area contributed by atoms with Gasteiger partial charge in [0.2, 0.25) is 0 Å². The fraction of sp³-hybridized carbons (Fsp3) is 0.500. The zero-order valence-corrected chi connectivity index (χ0v) is 9.93. The Labute approximate surface area is 96.8 Å². The zero-order valence-electron chi connectivity index (χ0n) is 9.17. The molecule has 0 aliphatic rings. The van der Waals surface area contributed by atoms with E-state index < -0.39 is 0 Å². The molecule has 2 nitrogen and oxygen atoms in total. The molecular weight excluding hydrogens is 208 g/mol. The molecule has 1 unspecified atom stereocenters. The number of rotatable bonds is 6. The highest BCUT2D eigenvalue weighted by atomic mass is 35.5. The number of hydrogen-bond donors (Lipinski definition) is 2. The van der Waals surface area contributed by atoms with E-state index in [4.69, 9.17) is 17.4 Å². The van der Waals surface area contributed by atoms with Crippen molar-refractivity contribution in [1.82, 2.24) is 5.43 Å². The van der Waals surface area contributed by atoms with Gasteiger partial charge in [-0.1, -0.05) is 43.5 Å². The molecule has 0 amide bonds. The Kier molecular flexibility index (Phi) is 5.69. The third-order valence-corrected chi connectivity index (χ3v) is 2.75. The van der Waals surface area contributed by atoms with Gasteiger partial charge in [0.15, 0.2) is 0 Å². The van der Waals surface area contributed by atoms with Crippen LogP contribution in [-0.4, -0.2) is 6.04 Å². The van der Waals surface area contributed by atoms with Gasteiger partial charge < -0.3 is 0 Å². The summed E-state index contributed by atoms with van der Waals surface area (Å²) >= 11 is 5.92. The maximum atomic E-state index is 5.92. The minimum atomic E-state index is 0.350. The van der Waals surface area contributed by atoms with Crippen LogP contribution in [0.3, 0.4) is 0 Å². The van der Waals surface area contributed by atoms with Crippen molar-refractivity contribution in [1.29, 1.82) is 0 Å². The summed E-state index contributed by atoms with van der Waals surface area (Å²) in [5, 5.41) is 0.791. The summed E-state index contributed by atoms with van der Waals surface area (Å²) in [5.41, 5.74) is 4.10. The summed E-state index contributed by atoms with van der Waals surface area (Å²) in [4.78, 5) is 0. The maximum Gasteiger partial charge on any atom is 0.0408 e. The van der Waals surface area contributed by atoms with Gasteiger partial charge in [-0.05, 0) is 30.5 Å². The summed E-state index contributed by atoms with van der Waals surface area (Å²) in [6.45, 7) is 2.19. The molecule has 1 rings (SSSR count). The number of nitrogens with two attached hydrogens (primary N) is 1. The molecule has 1 atom stereocenters. The highest BCUT2D eigenvalue weighted by Crippen LogP contribution is 2.13. The number of benzene rings is 1. The summed E-state index contributed by atoms with van der Waals surface area (Å²) in [7, 11) is 0. The highest BCUT2D eigenvalue weighted by Gasteiger charge is 2.06. The van der Waals surface area contributed by atoms with E-state index >= 15 is 0 Å². The molecule has 0 aliphatic carbocycles. The summed E-state index contributed by atoms with van der Waals surface area (Å²) in [5.74, 6) is 5.52. The Hall–Kier alpha value is -0.570. The normalized spacial score (nSPS) is 12.7. The molecule has 0 aromatic heterocycles. The molecule has 0 saturated heterocycles. The minimum absolute atomic E-state index is 0.350. The topological polar surface area (TPSA) is 38.0 Å². The molecule has 0 spiro atoms. The monoisotopic (exact) mass is 226 g/mol. The van der Waals surface area contributed by atoms with Crippen molar-refractivity contribution in [3.8, 4) is 0 Å². The van der Waals surface area contributed by atoms with Crippen molar-refractivity contribution in [2.24, 2.45) is 5.84 Å². The molecule has 84 valence electrons.